The number of carbonyl (C=O) groups is 2. The minimum absolute atomic E-state index is 1.09. The summed E-state index contributed by atoms with van der Waals surface area (Å²) in [4.78, 5) is 57.8. The number of carbonyl (C=O) groups excluding carboxylic acids is 2. The van der Waals surface area contributed by atoms with Crippen LogP contribution < -0.4 is 15.5 Å². The van der Waals surface area contributed by atoms with E-state index < -0.39 is 40.0 Å². The van der Waals surface area contributed by atoms with Crippen molar-refractivity contribution in [2.45, 2.75) is 12.5 Å². The zero-order chi connectivity index (χ0) is 13.9. The molecule has 0 aliphatic rings. The van der Waals surface area contributed by atoms with Crippen molar-refractivity contribution in [3.63, 3.8) is 0 Å². The molecule has 0 bridgehead atoms. The van der Waals surface area contributed by atoms with Gasteiger partial charge in [-0.2, -0.15) is 0 Å². The van der Waals surface area contributed by atoms with Gasteiger partial charge >= 0.3 is 19.8 Å². The Hall–Kier alpha value is -0.800. The van der Waals surface area contributed by atoms with Gasteiger partial charge in [0.15, 0.2) is 0 Å². The minimum atomic E-state index is -5.56. The largest absolute Gasteiger partial charge is 0.780 e. The van der Waals surface area contributed by atoms with Crippen molar-refractivity contribution in [1.82, 2.24) is 0 Å². The molecule has 0 radical (unpaired) electrons. The van der Waals surface area contributed by atoms with Crippen molar-refractivity contribution in [3.05, 3.63) is 0 Å². The predicted molar refractivity (Wildman–Crippen MR) is 44.4 cm³/mol. The third kappa shape index (κ3) is 8.95. The maximum Gasteiger partial charge on any atom is 0.527 e. The SMILES string of the molecule is N[C@@H](CC(=O)OP(=O)([O-])[O-])C(=O)OP(=O)(O)O. The van der Waals surface area contributed by atoms with Crippen molar-refractivity contribution in [2.75, 3.05) is 0 Å². The molecule has 0 rings (SSSR count). The van der Waals surface area contributed by atoms with Crippen LogP contribution in [0.3, 0.4) is 0 Å². The summed E-state index contributed by atoms with van der Waals surface area (Å²) in [6, 6.07) is -1.87. The second-order valence-corrected chi connectivity index (χ2v) is 4.86. The molecule has 11 nitrogen and oxygen atoms in total. The highest BCUT2D eigenvalue weighted by molar-refractivity contribution is 7.46. The lowest BCUT2D eigenvalue weighted by molar-refractivity contribution is -0.337. The van der Waals surface area contributed by atoms with Crippen molar-refractivity contribution in [2.24, 2.45) is 5.73 Å². The molecule has 0 aromatic heterocycles. The Labute approximate surface area is 94.0 Å². The van der Waals surface area contributed by atoms with Gasteiger partial charge in [0.05, 0.1) is 6.42 Å². The van der Waals surface area contributed by atoms with Gasteiger partial charge in [0, 0.05) is 0 Å². The van der Waals surface area contributed by atoms with E-state index in [1.165, 1.54) is 0 Å². The van der Waals surface area contributed by atoms with Crippen molar-refractivity contribution in [1.29, 1.82) is 0 Å². The molecule has 0 aromatic rings. The quantitative estimate of drug-likeness (QED) is 0.428. The van der Waals surface area contributed by atoms with Crippen LogP contribution in [-0.2, 0) is 27.8 Å². The third-order valence-electron chi connectivity index (χ3n) is 1.11. The van der Waals surface area contributed by atoms with E-state index in [1.54, 1.807) is 0 Å². The molecule has 100 valence electrons. The lowest BCUT2D eigenvalue weighted by Gasteiger charge is -2.27. The number of rotatable bonds is 5. The molecular weight excluding hydrogens is 284 g/mol. The Morgan fingerprint density at radius 2 is 1.71 bits per heavy atom. The van der Waals surface area contributed by atoms with E-state index in [0.29, 0.717) is 0 Å². The molecule has 0 aromatic carbocycles. The van der Waals surface area contributed by atoms with Gasteiger partial charge in [-0.25, -0.2) is 9.36 Å². The Morgan fingerprint density at radius 1 is 1.24 bits per heavy atom. The fraction of sp³-hybridized carbons (Fsp3) is 0.500. The van der Waals surface area contributed by atoms with Gasteiger partial charge in [-0.3, -0.25) is 14.6 Å². The fourth-order valence-electron chi connectivity index (χ4n) is 0.610. The molecule has 0 saturated heterocycles. The van der Waals surface area contributed by atoms with Gasteiger partial charge in [0.1, 0.15) is 13.9 Å². The zero-order valence-corrected chi connectivity index (χ0v) is 9.71. The van der Waals surface area contributed by atoms with Gasteiger partial charge in [-0.1, -0.05) is 0 Å². The minimum Gasteiger partial charge on any atom is -0.780 e. The lowest BCUT2D eigenvalue weighted by atomic mass is 10.2. The lowest BCUT2D eigenvalue weighted by Crippen LogP contribution is -2.35. The predicted octanol–water partition coefficient (Wildman–Crippen LogP) is -3.29. The fourth-order valence-corrected chi connectivity index (χ4v) is 1.30. The highest BCUT2D eigenvalue weighted by Gasteiger charge is 2.27. The molecular formula is C4H7NO10P2-2. The average molecular weight is 291 g/mol. The van der Waals surface area contributed by atoms with E-state index in [-0.39, 0.29) is 0 Å². The van der Waals surface area contributed by atoms with Crippen LogP contribution in [0.5, 0.6) is 0 Å². The van der Waals surface area contributed by atoms with Gasteiger partial charge in [-0.15, -0.1) is 0 Å². The molecule has 0 fully saturated rings. The molecule has 0 amide bonds. The van der Waals surface area contributed by atoms with Crippen LogP contribution in [0.15, 0.2) is 0 Å². The number of nitrogens with two attached hydrogens (primary N) is 1. The first kappa shape index (κ1) is 16.2. The van der Waals surface area contributed by atoms with Crippen molar-refractivity contribution >= 4 is 27.6 Å². The van der Waals surface area contributed by atoms with Gasteiger partial charge in [-0.05, 0) is 0 Å². The van der Waals surface area contributed by atoms with Crippen LogP contribution in [0.1, 0.15) is 6.42 Å². The molecule has 13 heteroatoms. The highest BCUT2D eigenvalue weighted by Crippen LogP contribution is 2.36. The van der Waals surface area contributed by atoms with E-state index in [9.17, 15) is 28.5 Å². The Morgan fingerprint density at radius 3 is 2.06 bits per heavy atom. The first-order valence-electron chi connectivity index (χ1n) is 3.70. The van der Waals surface area contributed by atoms with Crippen molar-refractivity contribution in [3.8, 4) is 0 Å². The van der Waals surface area contributed by atoms with E-state index in [1.807, 2.05) is 0 Å². The molecule has 0 aliphatic carbocycles. The smallest absolute Gasteiger partial charge is 0.527 e. The summed E-state index contributed by atoms with van der Waals surface area (Å²) in [5, 5.41) is 0. The van der Waals surface area contributed by atoms with Crippen LogP contribution in [0.4, 0.5) is 0 Å². The third-order valence-corrected chi connectivity index (χ3v) is 1.96. The molecule has 0 spiro atoms. The van der Waals surface area contributed by atoms with Crippen LogP contribution in [-0.4, -0.2) is 27.8 Å². The van der Waals surface area contributed by atoms with Crippen LogP contribution in [0, 0.1) is 0 Å². The summed E-state index contributed by atoms with van der Waals surface area (Å²) in [5.74, 6) is -3.30. The second kappa shape index (κ2) is 5.69. The van der Waals surface area contributed by atoms with Gasteiger partial charge in [0.2, 0.25) is 0 Å². The molecule has 1 atom stereocenters. The number of phosphoric acid groups is 2. The number of hydrogen-bond acceptors (Lipinski definition) is 9. The summed E-state index contributed by atoms with van der Waals surface area (Å²) in [5.41, 5.74) is 4.93. The van der Waals surface area contributed by atoms with E-state index in [0.717, 1.165) is 0 Å². The molecule has 0 heterocycles. The topological polar surface area (TPSA) is 199 Å². The summed E-state index contributed by atoms with van der Waals surface area (Å²) >= 11 is 0. The summed E-state index contributed by atoms with van der Waals surface area (Å²) in [6.45, 7) is 0. The van der Waals surface area contributed by atoms with Crippen LogP contribution in [0.25, 0.3) is 0 Å². The summed E-state index contributed by atoms with van der Waals surface area (Å²) in [6.07, 6.45) is -1.09. The molecule has 0 unspecified atom stereocenters. The standard InChI is InChI=1S/C4H9NO10P2/c5-2(4(7)15-17(11,12)13)1-3(6)14-16(8,9)10/h2H,1,5H2,(H2,8,9,10)(H2,11,12,13)/p-2/t2-/m0/s1. The maximum absolute atomic E-state index is 10.8. The Balaban J connectivity index is 4.32. The first-order valence-corrected chi connectivity index (χ1v) is 6.69. The number of phosphoric ester groups is 2. The normalized spacial score (nSPS) is 13.9. The maximum atomic E-state index is 10.8. The molecule has 0 saturated carbocycles. The monoisotopic (exact) mass is 291 g/mol. The molecule has 4 N–H and O–H groups in total. The summed E-state index contributed by atoms with van der Waals surface area (Å²) in [7, 11) is -10.7. The first-order chi connectivity index (χ1) is 7.41. The Kier molecular flexibility index (Phi) is 5.43. The Bertz CT molecular complexity index is 393. The van der Waals surface area contributed by atoms with E-state index in [2.05, 4.69) is 9.05 Å². The average Bonchev–Trinajstić information content (AvgIpc) is 1.95. The van der Waals surface area contributed by atoms with E-state index >= 15 is 0 Å². The zero-order valence-electron chi connectivity index (χ0n) is 7.92. The summed E-state index contributed by atoms with van der Waals surface area (Å²) < 4.78 is 27.0. The highest BCUT2D eigenvalue weighted by atomic mass is 31.2. The molecule has 17 heavy (non-hydrogen) atoms. The number of hydrogen-bond donors (Lipinski definition) is 3. The van der Waals surface area contributed by atoms with Crippen LogP contribution in [0.2, 0.25) is 0 Å². The van der Waals surface area contributed by atoms with E-state index in [4.69, 9.17) is 15.5 Å². The van der Waals surface area contributed by atoms with Gasteiger partial charge in [0.25, 0.3) is 0 Å². The van der Waals surface area contributed by atoms with Gasteiger partial charge < -0.3 is 29.1 Å². The second-order valence-electron chi connectivity index (χ2n) is 2.62. The van der Waals surface area contributed by atoms with Crippen molar-refractivity contribution < 1.29 is 47.3 Å². The van der Waals surface area contributed by atoms with Crippen LogP contribution >= 0.6 is 15.6 Å². The molecule has 0 aliphatic heterocycles.